The van der Waals surface area contributed by atoms with E-state index < -0.39 is 0 Å². The van der Waals surface area contributed by atoms with Crippen LogP contribution < -0.4 is 5.73 Å². The highest BCUT2D eigenvalue weighted by Gasteiger charge is 2.40. The highest BCUT2D eigenvalue weighted by atomic mass is 19.1. The molecule has 1 unspecified atom stereocenters. The van der Waals surface area contributed by atoms with Crippen molar-refractivity contribution in [1.82, 2.24) is 15.1 Å². The zero-order valence-corrected chi connectivity index (χ0v) is 17.0. The minimum Gasteiger partial charge on any atom is -0.361 e. The molecule has 30 heavy (non-hydrogen) atoms. The topological polar surface area (TPSA) is 90.0 Å². The second-order valence-electron chi connectivity index (χ2n) is 8.10. The molecule has 0 amide bonds. The van der Waals surface area contributed by atoms with Crippen LogP contribution in [0.2, 0.25) is 0 Å². The van der Waals surface area contributed by atoms with Crippen LogP contribution in [0, 0.1) is 24.6 Å². The molecule has 1 atom stereocenters. The Morgan fingerprint density at radius 3 is 2.90 bits per heavy atom. The van der Waals surface area contributed by atoms with E-state index in [0.717, 1.165) is 52.6 Å². The Morgan fingerprint density at radius 1 is 1.33 bits per heavy atom. The number of ether oxygens (including phenoxy) is 1. The first-order valence-corrected chi connectivity index (χ1v) is 10.2. The van der Waals surface area contributed by atoms with Crippen LogP contribution in [0.3, 0.4) is 0 Å². The van der Waals surface area contributed by atoms with Crippen LogP contribution in [-0.4, -0.2) is 21.9 Å². The van der Waals surface area contributed by atoms with Gasteiger partial charge >= 0.3 is 0 Å². The zero-order valence-electron chi connectivity index (χ0n) is 17.0. The van der Waals surface area contributed by atoms with Gasteiger partial charge in [-0.05, 0) is 50.3 Å². The van der Waals surface area contributed by atoms with Crippen molar-refractivity contribution >= 4 is 0 Å². The first kappa shape index (κ1) is 19.0. The summed E-state index contributed by atoms with van der Waals surface area (Å²) in [7, 11) is 0. The van der Waals surface area contributed by atoms with Crippen LogP contribution in [0.5, 0.6) is 0 Å². The molecule has 6 nitrogen and oxygen atoms in total. The molecule has 1 aromatic carbocycles. The standard InChI is InChI=1S/C23H23FN4O2/c1-12(20-5-13(2)30-28-20)3-4-14-8-18-17(9-19(14)24)15-6-16(7-15)22-23(18)27-21(26-22)10-29-11-25/h5,8-9,12,15-16H,6-7,10-11,25H2,1-2H3,(H,26,27). The van der Waals surface area contributed by atoms with Crippen molar-refractivity contribution in [3.63, 3.8) is 0 Å². The van der Waals surface area contributed by atoms with E-state index in [9.17, 15) is 4.39 Å². The lowest BCUT2D eigenvalue weighted by molar-refractivity contribution is 0.122. The normalized spacial score (nSPS) is 19.7. The van der Waals surface area contributed by atoms with Gasteiger partial charge in [0, 0.05) is 23.2 Å². The molecule has 6 rings (SSSR count). The molecule has 3 N–H and O–H groups in total. The van der Waals surface area contributed by atoms with Crippen LogP contribution in [0.4, 0.5) is 4.39 Å². The van der Waals surface area contributed by atoms with Gasteiger partial charge in [-0.2, -0.15) is 0 Å². The molecule has 0 saturated heterocycles. The van der Waals surface area contributed by atoms with E-state index in [-0.39, 0.29) is 18.5 Å². The number of H-pyrrole nitrogens is 1. The summed E-state index contributed by atoms with van der Waals surface area (Å²) in [6.45, 7) is 4.23. The number of aromatic amines is 1. The van der Waals surface area contributed by atoms with E-state index in [0.29, 0.717) is 24.0 Å². The van der Waals surface area contributed by atoms with Gasteiger partial charge in [0.15, 0.2) is 0 Å². The number of nitrogens with zero attached hydrogens (tertiary/aromatic N) is 2. The average Bonchev–Trinajstić information content (AvgIpc) is 3.26. The fourth-order valence-corrected chi connectivity index (χ4v) is 4.35. The Bertz CT molecular complexity index is 1160. The van der Waals surface area contributed by atoms with E-state index >= 15 is 0 Å². The molecule has 154 valence electrons. The lowest BCUT2D eigenvalue weighted by Crippen LogP contribution is -2.19. The quantitative estimate of drug-likeness (QED) is 0.503. The average molecular weight is 406 g/mol. The predicted octanol–water partition coefficient (Wildman–Crippen LogP) is 4.07. The molecule has 3 aliphatic rings. The largest absolute Gasteiger partial charge is 0.361 e. The summed E-state index contributed by atoms with van der Waals surface area (Å²) >= 11 is 0. The number of halogens is 1. The molecule has 1 fully saturated rings. The summed E-state index contributed by atoms with van der Waals surface area (Å²) in [4.78, 5) is 8.16. The van der Waals surface area contributed by atoms with Crippen molar-refractivity contribution in [1.29, 1.82) is 0 Å². The van der Waals surface area contributed by atoms with Crippen LogP contribution in [-0.2, 0) is 11.3 Å². The van der Waals surface area contributed by atoms with E-state index in [4.69, 9.17) is 20.0 Å². The third kappa shape index (κ3) is 3.22. The third-order valence-corrected chi connectivity index (χ3v) is 6.03. The number of aryl methyl sites for hydroxylation is 1. The molecule has 0 radical (unpaired) electrons. The fraction of sp³-hybridized carbons (Fsp3) is 0.391. The van der Waals surface area contributed by atoms with Crippen molar-refractivity contribution in [2.24, 2.45) is 5.73 Å². The summed E-state index contributed by atoms with van der Waals surface area (Å²) < 4.78 is 25.3. The molecular formula is C23H23FN4O2. The summed E-state index contributed by atoms with van der Waals surface area (Å²) in [6.07, 6.45) is 2.01. The third-order valence-electron chi connectivity index (χ3n) is 6.03. The molecule has 0 spiro atoms. The molecule has 0 aliphatic heterocycles. The maximum Gasteiger partial charge on any atom is 0.139 e. The smallest absolute Gasteiger partial charge is 0.139 e. The number of rotatable bonds is 4. The van der Waals surface area contributed by atoms with Crippen molar-refractivity contribution in [3.05, 3.63) is 58.1 Å². The van der Waals surface area contributed by atoms with Gasteiger partial charge in [0.1, 0.15) is 24.0 Å². The van der Waals surface area contributed by atoms with Gasteiger partial charge in [-0.3, -0.25) is 0 Å². The van der Waals surface area contributed by atoms with Crippen molar-refractivity contribution in [3.8, 4) is 23.1 Å². The number of nitrogens with one attached hydrogen (secondary N) is 1. The van der Waals surface area contributed by atoms with E-state index in [2.05, 4.69) is 22.0 Å². The molecule has 2 aromatic heterocycles. The Hall–Kier alpha value is -2.95. The van der Waals surface area contributed by atoms with Crippen LogP contribution >= 0.6 is 0 Å². The monoisotopic (exact) mass is 406 g/mol. The maximum atomic E-state index is 14.9. The van der Waals surface area contributed by atoms with Gasteiger partial charge in [-0.1, -0.05) is 17.0 Å². The zero-order chi connectivity index (χ0) is 20.8. The highest BCUT2D eigenvalue weighted by Crippen LogP contribution is 2.55. The van der Waals surface area contributed by atoms with Crippen LogP contribution in [0.25, 0.3) is 11.3 Å². The first-order chi connectivity index (χ1) is 14.5. The SMILES string of the molecule is Cc1cc(C(C)C#Cc2cc3c(cc2F)C2CC(C2)c2[nH]c(COCN)nc2-3)no1. The Balaban J connectivity index is 1.53. The number of hydrogen-bond donors (Lipinski definition) is 2. The molecule has 3 aliphatic carbocycles. The highest BCUT2D eigenvalue weighted by molar-refractivity contribution is 5.72. The number of aromatic nitrogens is 3. The Morgan fingerprint density at radius 2 is 2.17 bits per heavy atom. The summed E-state index contributed by atoms with van der Waals surface area (Å²) in [5.74, 6) is 7.91. The van der Waals surface area contributed by atoms with Crippen LogP contribution in [0.15, 0.2) is 22.7 Å². The maximum absolute atomic E-state index is 14.9. The van der Waals surface area contributed by atoms with E-state index in [1.54, 1.807) is 6.07 Å². The van der Waals surface area contributed by atoms with Gasteiger partial charge in [0.05, 0.1) is 29.6 Å². The molecule has 2 heterocycles. The van der Waals surface area contributed by atoms with Crippen molar-refractivity contribution in [2.45, 2.75) is 51.0 Å². The lowest BCUT2D eigenvalue weighted by Gasteiger charge is -2.33. The first-order valence-electron chi connectivity index (χ1n) is 10.2. The van der Waals surface area contributed by atoms with E-state index in [1.807, 2.05) is 26.0 Å². The Labute approximate surface area is 174 Å². The molecule has 1 saturated carbocycles. The second kappa shape index (κ2) is 7.38. The molecule has 7 heteroatoms. The van der Waals surface area contributed by atoms with Gasteiger partial charge in [-0.15, -0.1) is 0 Å². The van der Waals surface area contributed by atoms with E-state index in [1.165, 1.54) is 0 Å². The number of nitrogens with two attached hydrogens (primary N) is 1. The van der Waals surface area contributed by atoms with Crippen molar-refractivity contribution < 1.29 is 13.7 Å². The van der Waals surface area contributed by atoms with Gasteiger partial charge in [-0.25, -0.2) is 9.37 Å². The summed E-state index contributed by atoms with van der Waals surface area (Å²) in [6, 6.07) is 5.33. The number of benzene rings is 1. The minimum absolute atomic E-state index is 0.141. The summed E-state index contributed by atoms with van der Waals surface area (Å²) in [5.41, 5.74) is 10.5. The van der Waals surface area contributed by atoms with Gasteiger partial charge < -0.3 is 20.0 Å². The number of hydrogen-bond acceptors (Lipinski definition) is 5. The van der Waals surface area contributed by atoms with Gasteiger partial charge in [0.25, 0.3) is 0 Å². The fourth-order valence-electron chi connectivity index (χ4n) is 4.35. The van der Waals surface area contributed by atoms with Crippen LogP contribution in [0.1, 0.15) is 71.6 Å². The predicted molar refractivity (Wildman–Crippen MR) is 109 cm³/mol. The number of imidazole rings is 1. The summed E-state index contributed by atoms with van der Waals surface area (Å²) in [5, 5.41) is 4.00. The second-order valence-corrected chi connectivity index (χ2v) is 8.10. The molecule has 3 aromatic rings. The van der Waals surface area contributed by atoms with Crippen molar-refractivity contribution in [2.75, 3.05) is 6.73 Å². The lowest BCUT2D eigenvalue weighted by atomic mass is 9.71. The Kier molecular flexibility index (Phi) is 4.69. The molecule has 2 bridgehead atoms. The minimum atomic E-state index is -0.293. The van der Waals surface area contributed by atoms with Gasteiger partial charge in [0.2, 0.25) is 0 Å². The molecular weight excluding hydrogens is 383 g/mol.